The number of anilines is 1. The molecule has 0 saturated carbocycles. The normalized spacial score (nSPS) is 20.5. The van der Waals surface area contributed by atoms with Crippen LogP contribution in [0.15, 0.2) is 92.3 Å². The maximum Gasteiger partial charge on any atom is 0.209 e. The molecule has 236 valence electrons. The molecule has 0 aromatic heterocycles. The van der Waals surface area contributed by atoms with Gasteiger partial charge in [-0.3, -0.25) is 0 Å². The Morgan fingerprint density at radius 3 is 2.29 bits per heavy atom. The molecule has 3 aliphatic rings. The minimum atomic E-state index is -0.267. The van der Waals surface area contributed by atoms with Crippen molar-refractivity contribution in [2.45, 2.75) is 83.5 Å². The molecule has 2 heterocycles. The Morgan fingerprint density at radius 2 is 1.56 bits per heavy atom. The summed E-state index contributed by atoms with van der Waals surface area (Å²) in [4.78, 5) is 24.4. The zero-order chi connectivity index (χ0) is 32.4. The molecular formula is C38H42Br2FN2O2+. The van der Waals surface area contributed by atoms with E-state index >= 15 is 4.39 Å². The molecule has 0 amide bonds. The predicted molar refractivity (Wildman–Crippen MR) is 189 cm³/mol. The first-order valence-electron chi connectivity index (χ1n) is 15.9. The van der Waals surface area contributed by atoms with Crippen LogP contribution in [0.3, 0.4) is 0 Å². The van der Waals surface area contributed by atoms with E-state index in [0.29, 0.717) is 25.7 Å². The number of carbonyl (C=O) groups is 2. The van der Waals surface area contributed by atoms with Gasteiger partial charge in [-0.25, -0.2) is 4.39 Å². The van der Waals surface area contributed by atoms with Crippen LogP contribution in [-0.2, 0) is 20.4 Å². The number of hydrogen-bond acceptors (Lipinski definition) is 3. The number of aldehydes is 2. The van der Waals surface area contributed by atoms with Gasteiger partial charge in [0, 0.05) is 69.3 Å². The lowest BCUT2D eigenvalue weighted by atomic mass is 9.81. The fourth-order valence-corrected chi connectivity index (χ4v) is 7.73. The number of allylic oxidation sites excluding steroid dienone is 8. The van der Waals surface area contributed by atoms with Crippen LogP contribution in [-0.4, -0.2) is 35.9 Å². The van der Waals surface area contributed by atoms with Crippen molar-refractivity contribution in [1.29, 1.82) is 0 Å². The van der Waals surface area contributed by atoms with Crippen molar-refractivity contribution in [2.75, 3.05) is 18.0 Å². The van der Waals surface area contributed by atoms with Gasteiger partial charge in [0.15, 0.2) is 5.71 Å². The summed E-state index contributed by atoms with van der Waals surface area (Å²) in [6, 6.07) is 12.7. The lowest BCUT2D eigenvalue weighted by molar-refractivity contribution is -0.438. The summed E-state index contributed by atoms with van der Waals surface area (Å²) in [5.41, 5.74) is 7.86. The smallest absolute Gasteiger partial charge is 0.209 e. The summed E-state index contributed by atoms with van der Waals surface area (Å²) in [6.07, 6.45) is 14.9. The molecule has 7 heteroatoms. The average Bonchev–Trinajstić information content (AvgIpc) is 3.34. The molecule has 2 aromatic carbocycles. The van der Waals surface area contributed by atoms with Crippen LogP contribution in [0.25, 0.3) is 0 Å². The lowest BCUT2D eigenvalue weighted by Gasteiger charge is -2.27. The minimum absolute atomic E-state index is 0.137. The van der Waals surface area contributed by atoms with Gasteiger partial charge in [0.05, 0.1) is 5.41 Å². The van der Waals surface area contributed by atoms with E-state index < -0.39 is 0 Å². The highest BCUT2D eigenvalue weighted by molar-refractivity contribution is 9.10. The summed E-state index contributed by atoms with van der Waals surface area (Å²) in [5.74, 6) is -0.137. The Labute approximate surface area is 283 Å². The van der Waals surface area contributed by atoms with Gasteiger partial charge in [-0.05, 0) is 98.7 Å². The summed E-state index contributed by atoms with van der Waals surface area (Å²) in [6.45, 7) is 10.3. The molecule has 0 spiro atoms. The first-order valence-corrected chi connectivity index (χ1v) is 17.5. The van der Waals surface area contributed by atoms with E-state index in [-0.39, 0.29) is 16.7 Å². The van der Waals surface area contributed by atoms with Crippen LogP contribution in [0.2, 0.25) is 0 Å². The standard InChI is InChI=1S/C38H42Br2FN2O2/c1-37(2)30-24-28(39)14-16-32(30)42(20-5-7-22-44)34(37)18-12-26-10-9-11-27(36(26)41)13-19-35-38(3,4)31-25-29(40)15-17-33(31)43(35)21-6-8-23-45/h12-19,22-25H,5-11,20-21H2,1-4H3/q+1. The van der Waals surface area contributed by atoms with E-state index in [1.807, 2.05) is 12.2 Å². The Bertz CT molecular complexity index is 1660. The molecule has 0 radical (unpaired) electrons. The van der Waals surface area contributed by atoms with E-state index in [9.17, 15) is 9.59 Å². The quantitative estimate of drug-likeness (QED) is 0.131. The maximum absolute atomic E-state index is 16.2. The average molecular weight is 738 g/mol. The first kappa shape index (κ1) is 33.5. The zero-order valence-electron chi connectivity index (χ0n) is 26.6. The summed E-state index contributed by atoms with van der Waals surface area (Å²) >= 11 is 7.27. The van der Waals surface area contributed by atoms with E-state index in [0.717, 1.165) is 87.8 Å². The fourth-order valence-electron chi connectivity index (χ4n) is 7.01. The molecule has 2 aromatic rings. The molecule has 0 saturated heterocycles. The fraction of sp³-hybridized carbons (Fsp3) is 0.395. The SMILES string of the molecule is CC1(C)C(/C=C/C2=C(F)C(=C/C=C3/N(CCCC=O)c4ccc(Br)cc4C3(C)C)/CCC2)=[N+](CCCC=O)c2ccc(Br)cc21. The molecule has 1 aliphatic carbocycles. The largest absolute Gasteiger partial charge is 0.344 e. The second kappa shape index (κ2) is 13.8. The number of carbonyl (C=O) groups excluding carboxylic acids is 2. The van der Waals surface area contributed by atoms with E-state index in [1.54, 1.807) is 0 Å². The van der Waals surface area contributed by atoms with E-state index in [1.165, 1.54) is 11.1 Å². The van der Waals surface area contributed by atoms with Crippen LogP contribution >= 0.6 is 31.9 Å². The van der Waals surface area contributed by atoms with Gasteiger partial charge in [-0.15, -0.1) is 0 Å². The molecule has 0 atom stereocenters. The number of fused-ring (bicyclic) bond motifs is 2. The Morgan fingerprint density at radius 1 is 0.867 bits per heavy atom. The number of nitrogens with zero attached hydrogens (tertiary/aromatic N) is 2. The van der Waals surface area contributed by atoms with Crippen molar-refractivity contribution in [3.63, 3.8) is 0 Å². The molecule has 2 aliphatic heterocycles. The van der Waals surface area contributed by atoms with Gasteiger partial charge in [-0.2, -0.15) is 4.58 Å². The van der Waals surface area contributed by atoms with Gasteiger partial charge >= 0.3 is 0 Å². The third-order valence-corrected chi connectivity index (χ3v) is 10.4. The number of rotatable bonds is 11. The van der Waals surface area contributed by atoms with Crippen molar-refractivity contribution < 1.29 is 18.6 Å². The van der Waals surface area contributed by atoms with E-state index in [4.69, 9.17) is 0 Å². The highest BCUT2D eigenvalue weighted by atomic mass is 79.9. The molecular weight excluding hydrogens is 695 g/mol. The highest BCUT2D eigenvalue weighted by Gasteiger charge is 2.44. The van der Waals surface area contributed by atoms with Crippen molar-refractivity contribution >= 4 is 61.5 Å². The summed E-state index contributed by atoms with van der Waals surface area (Å²) < 4.78 is 20.5. The molecule has 0 bridgehead atoms. The van der Waals surface area contributed by atoms with Gasteiger partial charge in [0.1, 0.15) is 24.9 Å². The predicted octanol–water partition coefficient (Wildman–Crippen LogP) is 10.1. The Balaban J connectivity index is 1.49. The second-order valence-corrected chi connectivity index (χ2v) is 15.0. The van der Waals surface area contributed by atoms with Crippen LogP contribution in [0.4, 0.5) is 15.8 Å². The maximum atomic E-state index is 16.2. The van der Waals surface area contributed by atoms with E-state index in [2.05, 4.69) is 118 Å². The van der Waals surface area contributed by atoms with Gasteiger partial charge < -0.3 is 14.5 Å². The van der Waals surface area contributed by atoms with Crippen molar-refractivity contribution in [1.82, 2.24) is 0 Å². The monoisotopic (exact) mass is 735 g/mol. The minimum Gasteiger partial charge on any atom is -0.344 e. The number of halogens is 3. The number of unbranched alkanes of at least 4 members (excludes halogenated alkanes) is 2. The zero-order valence-corrected chi connectivity index (χ0v) is 29.8. The highest BCUT2D eigenvalue weighted by Crippen LogP contribution is 2.49. The first-order chi connectivity index (χ1) is 21.5. The molecule has 0 fully saturated rings. The van der Waals surface area contributed by atoms with Gasteiger partial charge in [-0.1, -0.05) is 51.8 Å². The Hall–Kier alpha value is -2.90. The van der Waals surface area contributed by atoms with Crippen LogP contribution in [0, 0.1) is 0 Å². The van der Waals surface area contributed by atoms with Crippen molar-refractivity contribution in [2.24, 2.45) is 0 Å². The van der Waals surface area contributed by atoms with Crippen molar-refractivity contribution in [3.8, 4) is 0 Å². The molecule has 45 heavy (non-hydrogen) atoms. The lowest BCUT2D eigenvalue weighted by Crippen LogP contribution is -2.28. The molecule has 5 rings (SSSR count). The number of benzene rings is 2. The molecule has 0 unspecified atom stereocenters. The summed E-state index contributed by atoms with van der Waals surface area (Å²) in [7, 11) is 0. The third-order valence-electron chi connectivity index (χ3n) is 9.46. The molecule has 0 N–H and O–H groups in total. The van der Waals surface area contributed by atoms with Crippen molar-refractivity contribution in [3.05, 3.63) is 103 Å². The van der Waals surface area contributed by atoms with Crippen LogP contribution in [0.5, 0.6) is 0 Å². The second-order valence-electron chi connectivity index (χ2n) is 13.1. The van der Waals surface area contributed by atoms with Crippen LogP contribution < -0.4 is 4.90 Å². The van der Waals surface area contributed by atoms with Gasteiger partial charge in [0.2, 0.25) is 5.69 Å². The molecule has 4 nitrogen and oxygen atoms in total. The van der Waals surface area contributed by atoms with Gasteiger partial charge in [0.25, 0.3) is 0 Å². The Kier molecular flexibility index (Phi) is 10.3. The topological polar surface area (TPSA) is 40.4 Å². The summed E-state index contributed by atoms with van der Waals surface area (Å²) in [5, 5.41) is 0. The van der Waals surface area contributed by atoms with Crippen LogP contribution in [0.1, 0.15) is 83.8 Å². The third kappa shape index (κ3) is 6.66. The number of hydrogen-bond donors (Lipinski definition) is 0.